The van der Waals surface area contributed by atoms with E-state index >= 15 is 0 Å². The summed E-state index contributed by atoms with van der Waals surface area (Å²) in [5, 5.41) is 18.8. The van der Waals surface area contributed by atoms with Gasteiger partial charge in [-0.15, -0.1) is 11.8 Å². The molecular formula is C10H13N5O2S. The number of anilines is 1. The highest BCUT2D eigenvalue weighted by Crippen LogP contribution is 2.42. The Balaban J connectivity index is 1.99. The number of hydrogen-bond acceptors (Lipinski definition) is 7. The lowest BCUT2D eigenvalue weighted by Gasteiger charge is -2.11. The Morgan fingerprint density at radius 1 is 1.44 bits per heavy atom. The molecule has 3 rings (SSSR count). The van der Waals surface area contributed by atoms with E-state index in [9.17, 15) is 5.11 Å². The van der Waals surface area contributed by atoms with Crippen molar-refractivity contribution < 1.29 is 10.2 Å². The topological polar surface area (TPSA) is 110 Å². The van der Waals surface area contributed by atoms with Crippen LogP contribution in [0, 0.1) is 0 Å². The monoisotopic (exact) mass is 267 g/mol. The fraction of sp³-hybridized carbons (Fsp3) is 0.500. The lowest BCUT2D eigenvalue weighted by Crippen LogP contribution is -2.20. The summed E-state index contributed by atoms with van der Waals surface area (Å²) in [4.78, 5) is 12.3. The molecular weight excluding hydrogens is 254 g/mol. The second kappa shape index (κ2) is 4.38. The Morgan fingerprint density at radius 2 is 2.28 bits per heavy atom. The molecule has 0 radical (unpaired) electrons. The summed E-state index contributed by atoms with van der Waals surface area (Å²) in [6.45, 7) is -0.0356. The van der Waals surface area contributed by atoms with Crippen molar-refractivity contribution in [3.8, 4) is 0 Å². The summed E-state index contributed by atoms with van der Waals surface area (Å²) < 4.78 is 1.87. The minimum atomic E-state index is -0.512. The van der Waals surface area contributed by atoms with Crippen molar-refractivity contribution in [3.63, 3.8) is 0 Å². The van der Waals surface area contributed by atoms with Crippen LogP contribution in [-0.4, -0.2) is 47.7 Å². The second-order valence-electron chi connectivity index (χ2n) is 4.20. The summed E-state index contributed by atoms with van der Waals surface area (Å²) in [6.07, 6.45) is 3.10. The van der Waals surface area contributed by atoms with E-state index in [0.717, 1.165) is 0 Å². The summed E-state index contributed by atoms with van der Waals surface area (Å²) in [5.41, 5.74) is 6.95. The Morgan fingerprint density at radius 3 is 3.00 bits per heavy atom. The highest BCUT2D eigenvalue weighted by atomic mass is 32.2. The van der Waals surface area contributed by atoms with Gasteiger partial charge in [0.05, 0.1) is 29.7 Å². The largest absolute Gasteiger partial charge is 0.395 e. The maximum atomic E-state index is 9.81. The normalized spacial score (nSPS) is 28.0. The first-order chi connectivity index (χ1) is 8.70. The molecule has 0 saturated carbocycles. The third-order valence-corrected chi connectivity index (χ3v) is 4.63. The number of rotatable bonds is 2. The molecule has 0 spiro atoms. The molecule has 0 bridgehead atoms. The Hall–Kier alpha value is -1.38. The maximum Gasteiger partial charge on any atom is 0.166 e. The molecule has 0 aromatic carbocycles. The molecule has 2 aromatic rings. The van der Waals surface area contributed by atoms with Crippen molar-refractivity contribution in [2.24, 2.45) is 0 Å². The number of nitrogens with two attached hydrogens (primary N) is 1. The zero-order chi connectivity index (χ0) is 12.7. The first kappa shape index (κ1) is 11.7. The highest BCUT2D eigenvalue weighted by molar-refractivity contribution is 8.00. The molecule has 0 amide bonds. The van der Waals surface area contributed by atoms with E-state index in [1.807, 2.05) is 4.57 Å². The Labute approximate surface area is 107 Å². The fourth-order valence-corrected chi connectivity index (χ4v) is 3.51. The predicted molar refractivity (Wildman–Crippen MR) is 67.9 cm³/mol. The molecule has 2 aromatic heterocycles. The zero-order valence-electron chi connectivity index (χ0n) is 9.47. The lowest BCUT2D eigenvalue weighted by atomic mass is 10.2. The summed E-state index contributed by atoms with van der Waals surface area (Å²) >= 11 is 1.52. The number of aliphatic hydroxyl groups is 2. The predicted octanol–water partition coefficient (Wildman–Crippen LogP) is -0.234. The lowest BCUT2D eigenvalue weighted by molar-refractivity contribution is 0.138. The van der Waals surface area contributed by atoms with Gasteiger partial charge in [-0.1, -0.05) is 0 Å². The zero-order valence-corrected chi connectivity index (χ0v) is 10.3. The second-order valence-corrected chi connectivity index (χ2v) is 5.62. The number of imidazole rings is 1. The molecule has 1 aliphatic heterocycles. The average molecular weight is 267 g/mol. The van der Waals surface area contributed by atoms with Gasteiger partial charge in [0.1, 0.15) is 11.8 Å². The van der Waals surface area contributed by atoms with Crippen LogP contribution < -0.4 is 5.73 Å². The smallest absolute Gasteiger partial charge is 0.166 e. The quantitative estimate of drug-likeness (QED) is 0.689. The first-order valence-corrected chi connectivity index (χ1v) is 6.52. The number of thioether (sulfide) groups is 1. The Kier molecular flexibility index (Phi) is 2.84. The van der Waals surface area contributed by atoms with Crippen LogP contribution in [0.15, 0.2) is 12.7 Å². The molecule has 18 heavy (non-hydrogen) atoms. The van der Waals surface area contributed by atoms with Crippen LogP contribution in [0.1, 0.15) is 11.8 Å². The molecule has 3 heterocycles. The van der Waals surface area contributed by atoms with Crippen molar-refractivity contribution >= 4 is 28.7 Å². The van der Waals surface area contributed by atoms with Gasteiger partial charge in [0.15, 0.2) is 11.5 Å². The average Bonchev–Trinajstić information content (AvgIpc) is 2.93. The molecule has 8 heteroatoms. The van der Waals surface area contributed by atoms with Crippen LogP contribution >= 0.6 is 11.8 Å². The van der Waals surface area contributed by atoms with Gasteiger partial charge in [-0.2, -0.15) is 0 Å². The third kappa shape index (κ3) is 1.73. The van der Waals surface area contributed by atoms with Crippen LogP contribution in [-0.2, 0) is 0 Å². The first-order valence-electron chi connectivity index (χ1n) is 5.58. The van der Waals surface area contributed by atoms with Gasteiger partial charge in [-0.05, 0) is 0 Å². The van der Waals surface area contributed by atoms with Crippen LogP contribution in [0.2, 0.25) is 0 Å². The van der Waals surface area contributed by atoms with Crippen LogP contribution in [0.25, 0.3) is 11.2 Å². The van der Waals surface area contributed by atoms with E-state index < -0.39 is 6.10 Å². The Bertz CT molecular complexity index is 574. The molecule has 1 unspecified atom stereocenters. The van der Waals surface area contributed by atoms with Crippen molar-refractivity contribution in [1.82, 2.24) is 19.5 Å². The van der Waals surface area contributed by atoms with Crippen LogP contribution in [0.5, 0.6) is 0 Å². The van der Waals surface area contributed by atoms with Crippen LogP contribution in [0.4, 0.5) is 5.82 Å². The molecule has 96 valence electrons. The molecule has 3 atom stereocenters. The summed E-state index contributed by atoms with van der Waals surface area (Å²) in [6, 6.07) is 0. The number of nitrogen functional groups attached to an aromatic ring is 1. The number of nitrogens with zero attached hydrogens (tertiary/aromatic N) is 4. The maximum absolute atomic E-state index is 9.81. The van der Waals surface area contributed by atoms with Crippen molar-refractivity contribution in [1.29, 1.82) is 0 Å². The van der Waals surface area contributed by atoms with E-state index in [-0.39, 0.29) is 17.2 Å². The molecule has 1 saturated heterocycles. The van der Waals surface area contributed by atoms with Crippen molar-refractivity contribution in [2.45, 2.75) is 23.1 Å². The SMILES string of the molecule is Nc1ncnc2c1ncn2[C@H]1CC(O)[C@@H](CO)S1. The minimum absolute atomic E-state index is 0.0106. The molecule has 1 aliphatic rings. The summed E-state index contributed by atoms with van der Waals surface area (Å²) in [5.74, 6) is 0.348. The van der Waals surface area contributed by atoms with Gasteiger partial charge in [-0.25, -0.2) is 15.0 Å². The van der Waals surface area contributed by atoms with Gasteiger partial charge in [0, 0.05) is 6.42 Å². The van der Waals surface area contributed by atoms with E-state index in [2.05, 4.69) is 15.0 Å². The van der Waals surface area contributed by atoms with Gasteiger partial charge in [-0.3, -0.25) is 0 Å². The third-order valence-electron chi connectivity index (χ3n) is 3.08. The minimum Gasteiger partial charge on any atom is -0.395 e. The molecule has 4 N–H and O–H groups in total. The van der Waals surface area contributed by atoms with E-state index in [4.69, 9.17) is 10.8 Å². The number of aromatic nitrogens is 4. The van der Waals surface area contributed by atoms with Gasteiger partial charge in [0.2, 0.25) is 0 Å². The molecule has 0 aliphatic carbocycles. The highest BCUT2D eigenvalue weighted by Gasteiger charge is 2.35. The molecule has 1 fully saturated rings. The standard InChI is InChI=1S/C10H13N5O2S/c11-9-8-10(13-3-12-9)15(4-14-8)7-1-5(17)6(2-16)18-7/h3-7,16-17H,1-2H2,(H2,11,12,13)/t5?,6-,7-/m1/s1. The van der Waals surface area contributed by atoms with E-state index in [0.29, 0.717) is 23.4 Å². The van der Waals surface area contributed by atoms with E-state index in [1.54, 1.807) is 6.33 Å². The summed E-state index contributed by atoms with van der Waals surface area (Å²) in [7, 11) is 0. The fourth-order valence-electron chi connectivity index (χ4n) is 2.13. The van der Waals surface area contributed by atoms with Crippen molar-refractivity contribution in [2.75, 3.05) is 12.3 Å². The van der Waals surface area contributed by atoms with Gasteiger partial charge < -0.3 is 20.5 Å². The number of fused-ring (bicyclic) bond motifs is 1. The van der Waals surface area contributed by atoms with Gasteiger partial charge >= 0.3 is 0 Å². The number of aliphatic hydroxyl groups excluding tert-OH is 2. The van der Waals surface area contributed by atoms with Crippen LogP contribution in [0.3, 0.4) is 0 Å². The van der Waals surface area contributed by atoms with Crippen molar-refractivity contribution in [3.05, 3.63) is 12.7 Å². The van der Waals surface area contributed by atoms with Gasteiger partial charge in [0.25, 0.3) is 0 Å². The van der Waals surface area contributed by atoms with E-state index in [1.165, 1.54) is 18.1 Å². The molecule has 7 nitrogen and oxygen atoms in total. The number of hydrogen-bond donors (Lipinski definition) is 3.